The molecule has 22 heavy (non-hydrogen) atoms. The SMILES string of the molecule is CC(C)C1(Oc2cc(C(=O)O)ccc2[N+](=O)[O-])CCCCC1. The largest absolute Gasteiger partial charge is 0.480 e. The third-order valence-electron chi connectivity index (χ3n) is 4.47. The van der Waals surface area contributed by atoms with E-state index in [0.29, 0.717) is 0 Å². The van der Waals surface area contributed by atoms with Crippen LogP contribution in [0.15, 0.2) is 18.2 Å². The minimum absolute atomic E-state index is 0.00434. The molecule has 120 valence electrons. The van der Waals surface area contributed by atoms with E-state index in [1.54, 1.807) is 0 Å². The summed E-state index contributed by atoms with van der Waals surface area (Å²) in [7, 11) is 0. The van der Waals surface area contributed by atoms with Gasteiger partial charge in [-0.1, -0.05) is 20.3 Å². The lowest BCUT2D eigenvalue weighted by Gasteiger charge is -2.40. The Labute approximate surface area is 129 Å². The summed E-state index contributed by atoms with van der Waals surface area (Å²) < 4.78 is 6.08. The van der Waals surface area contributed by atoms with E-state index in [1.165, 1.54) is 18.2 Å². The number of ether oxygens (including phenoxy) is 1. The molecule has 1 aromatic carbocycles. The summed E-state index contributed by atoms with van der Waals surface area (Å²) in [6.45, 7) is 4.08. The van der Waals surface area contributed by atoms with Crippen LogP contribution in [-0.2, 0) is 0 Å². The Balaban J connectivity index is 2.42. The Hall–Kier alpha value is -2.11. The molecular weight excluding hydrogens is 286 g/mol. The number of rotatable bonds is 5. The van der Waals surface area contributed by atoms with Crippen molar-refractivity contribution in [1.82, 2.24) is 0 Å². The first-order valence-electron chi connectivity index (χ1n) is 7.56. The summed E-state index contributed by atoms with van der Waals surface area (Å²) in [5.41, 5.74) is -0.647. The smallest absolute Gasteiger partial charge is 0.335 e. The average Bonchev–Trinajstić information content (AvgIpc) is 2.47. The van der Waals surface area contributed by atoms with Crippen molar-refractivity contribution in [3.63, 3.8) is 0 Å². The van der Waals surface area contributed by atoms with Gasteiger partial charge in [-0.05, 0) is 37.7 Å². The number of benzene rings is 1. The monoisotopic (exact) mass is 307 g/mol. The van der Waals surface area contributed by atoms with Crippen molar-refractivity contribution in [2.75, 3.05) is 0 Å². The molecule has 0 heterocycles. The van der Waals surface area contributed by atoms with Gasteiger partial charge in [0.15, 0.2) is 5.75 Å². The van der Waals surface area contributed by atoms with Crippen LogP contribution in [0.5, 0.6) is 5.75 Å². The van der Waals surface area contributed by atoms with E-state index in [4.69, 9.17) is 9.84 Å². The van der Waals surface area contributed by atoms with Crippen LogP contribution in [0.3, 0.4) is 0 Å². The molecule has 6 nitrogen and oxygen atoms in total. The molecule has 6 heteroatoms. The van der Waals surface area contributed by atoms with Gasteiger partial charge in [-0.15, -0.1) is 0 Å². The number of nitrogens with zero attached hydrogens (tertiary/aromatic N) is 1. The second-order valence-electron chi connectivity index (χ2n) is 6.13. The summed E-state index contributed by atoms with van der Waals surface area (Å²) >= 11 is 0. The van der Waals surface area contributed by atoms with Gasteiger partial charge in [0, 0.05) is 12.1 Å². The zero-order valence-electron chi connectivity index (χ0n) is 12.9. The van der Waals surface area contributed by atoms with E-state index in [2.05, 4.69) is 0 Å². The highest BCUT2D eigenvalue weighted by atomic mass is 16.6. The number of carboxylic acids is 1. The molecule has 1 aromatic rings. The highest BCUT2D eigenvalue weighted by molar-refractivity contribution is 5.88. The van der Waals surface area contributed by atoms with Gasteiger partial charge in [0.05, 0.1) is 10.5 Å². The van der Waals surface area contributed by atoms with Gasteiger partial charge in [0.2, 0.25) is 0 Å². The van der Waals surface area contributed by atoms with Crippen molar-refractivity contribution < 1.29 is 19.6 Å². The van der Waals surface area contributed by atoms with Gasteiger partial charge < -0.3 is 9.84 Å². The van der Waals surface area contributed by atoms with Crippen molar-refractivity contribution >= 4 is 11.7 Å². The van der Waals surface area contributed by atoms with E-state index >= 15 is 0 Å². The molecule has 1 fully saturated rings. The average molecular weight is 307 g/mol. The molecule has 0 radical (unpaired) electrons. The highest BCUT2D eigenvalue weighted by Gasteiger charge is 2.39. The number of hydrogen-bond donors (Lipinski definition) is 1. The van der Waals surface area contributed by atoms with Crippen molar-refractivity contribution in [3.8, 4) is 5.75 Å². The molecule has 0 unspecified atom stereocenters. The molecule has 0 spiro atoms. The summed E-state index contributed by atoms with van der Waals surface area (Å²) in [5.74, 6) is -0.872. The van der Waals surface area contributed by atoms with Gasteiger partial charge in [0.25, 0.3) is 0 Å². The molecule has 2 rings (SSSR count). The topological polar surface area (TPSA) is 89.7 Å². The number of nitro benzene ring substituents is 1. The Morgan fingerprint density at radius 3 is 2.45 bits per heavy atom. The molecule has 0 atom stereocenters. The third-order valence-corrected chi connectivity index (χ3v) is 4.47. The van der Waals surface area contributed by atoms with Crippen molar-refractivity contribution in [1.29, 1.82) is 0 Å². The molecule has 0 amide bonds. The zero-order valence-corrected chi connectivity index (χ0v) is 12.9. The Bertz CT molecular complexity index is 576. The Morgan fingerprint density at radius 1 is 1.32 bits per heavy atom. The first-order chi connectivity index (χ1) is 10.4. The fourth-order valence-electron chi connectivity index (χ4n) is 3.05. The minimum atomic E-state index is -1.12. The second-order valence-corrected chi connectivity index (χ2v) is 6.13. The van der Waals surface area contributed by atoms with Crippen LogP contribution < -0.4 is 4.74 Å². The number of aromatic carboxylic acids is 1. The minimum Gasteiger partial charge on any atom is -0.480 e. The van der Waals surface area contributed by atoms with Crippen LogP contribution in [0.25, 0.3) is 0 Å². The lowest BCUT2D eigenvalue weighted by Crippen LogP contribution is -2.43. The summed E-state index contributed by atoms with van der Waals surface area (Å²) in [4.78, 5) is 21.8. The number of carboxylic acid groups (broad SMARTS) is 1. The fraction of sp³-hybridized carbons (Fsp3) is 0.562. The third kappa shape index (κ3) is 3.21. The molecule has 0 aliphatic heterocycles. The second kappa shape index (κ2) is 6.34. The Kier molecular flexibility index (Phi) is 4.68. The molecule has 1 N–H and O–H groups in total. The maximum Gasteiger partial charge on any atom is 0.335 e. The van der Waals surface area contributed by atoms with E-state index in [9.17, 15) is 14.9 Å². The van der Waals surface area contributed by atoms with E-state index in [0.717, 1.165) is 32.1 Å². The summed E-state index contributed by atoms with van der Waals surface area (Å²) in [6.07, 6.45) is 4.84. The maximum atomic E-state index is 11.2. The van der Waals surface area contributed by atoms with Crippen molar-refractivity contribution in [2.24, 2.45) is 5.92 Å². The summed E-state index contributed by atoms with van der Waals surface area (Å²) in [6, 6.07) is 3.70. The number of carbonyl (C=O) groups is 1. The van der Waals surface area contributed by atoms with Gasteiger partial charge in [-0.3, -0.25) is 10.1 Å². The predicted octanol–water partition coefficient (Wildman–Crippen LogP) is 4.03. The normalized spacial score (nSPS) is 17.2. The van der Waals surface area contributed by atoms with Gasteiger partial charge in [-0.2, -0.15) is 0 Å². The van der Waals surface area contributed by atoms with E-state index in [-0.39, 0.29) is 22.9 Å². The van der Waals surface area contributed by atoms with Gasteiger partial charge >= 0.3 is 11.7 Å². The molecule has 0 saturated heterocycles. The number of nitro groups is 1. The standard InChI is InChI=1S/C16H21NO5/c1-11(2)16(8-4-3-5-9-16)22-14-10-12(15(18)19)6-7-13(14)17(20)21/h6-7,10-11H,3-5,8-9H2,1-2H3,(H,18,19). The highest BCUT2D eigenvalue weighted by Crippen LogP contribution is 2.41. The predicted molar refractivity (Wildman–Crippen MR) is 81.3 cm³/mol. The molecule has 0 bridgehead atoms. The molecule has 0 aromatic heterocycles. The Morgan fingerprint density at radius 2 is 1.95 bits per heavy atom. The molecule has 1 aliphatic rings. The van der Waals surface area contributed by atoms with Crippen LogP contribution in [0.2, 0.25) is 0 Å². The number of hydrogen-bond acceptors (Lipinski definition) is 4. The van der Waals surface area contributed by atoms with Gasteiger partial charge in [0.1, 0.15) is 5.60 Å². The van der Waals surface area contributed by atoms with E-state index < -0.39 is 16.5 Å². The lowest BCUT2D eigenvalue weighted by molar-refractivity contribution is -0.386. The maximum absolute atomic E-state index is 11.2. The quantitative estimate of drug-likeness (QED) is 0.655. The van der Waals surface area contributed by atoms with E-state index in [1.807, 2.05) is 13.8 Å². The van der Waals surface area contributed by atoms with Crippen LogP contribution in [-0.4, -0.2) is 21.6 Å². The van der Waals surface area contributed by atoms with Crippen LogP contribution in [0.4, 0.5) is 5.69 Å². The van der Waals surface area contributed by atoms with Crippen LogP contribution in [0.1, 0.15) is 56.3 Å². The first kappa shape index (κ1) is 16.3. The summed E-state index contributed by atoms with van der Waals surface area (Å²) in [5, 5.41) is 20.3. The molecule has 1 aliphatic carbocycles. The molecule has 1 saturated carbocycles. The van der Waals surface area contributed by atoms with Gasteiger partial charge in [-0.25, -0.2) is 4.79 Å². The molecular formula is C16H21NO5. The van der Waals surface area contributed by atoms with Crippen molar-refractivity contribution in [2.45, 2.75) is 51.6 Å². The van der Waals surface area contributed by atoms with Crippen LogP contribution in [0, 0.1) is 16.0 Å². The van der Waals surface area contributed by atoms with Crippen molar-refractivity contribution in [3.05, 3.63) is 33.9 Å². The fourth-order valence-corrected chi connectivity index (χ4v) is 3.05. The van der Waals surface area contributed by atoms with Crippen LogP contribution >= 0.6 is 0 Å². The zero-order chi connectivity index (χ0) is 16.3. The lowest BCUT2D eigenvalue weighted by atomic mass is 9.77. The first-order valence-corrected chi connectivity index (χ1v) is 7.56.